The maximum Gasteiger partial charge on any atom is 0.231 e. The maximum absolute atomic E-state index is 12.7. The second-order valence-electron chi connectivity index (χ2n) is 8.94. The number of aryl methyl sites for hydroxylation is 1. The molecule has 1 aliphatic heterocycles. The molecule has 3 aromatic carbocycles. The molecule has 0 aliphatic carbocycles. The molecule has 4 aromatic rings. The highest BCUT2D eigenvalue weighted by Crippen LogP contribution is 2.36. The molecule has 0 saturated heterocycles. The normalized spacial score (nSPS) is 12.1. The third-order valence-corrected chi connectivity index (χ3v) is 5.86. The summed E-state index contributed by atoms with van der Waals surface area (Å²) in [5.41, 5.74) is 4.72. The predicted octanol–water partition coefficient (Wildman–Crippen LogP) is 5.30. The summed E-state index contributed by atoms with van der Waals surface area (Å²) < 4.78 is 18.5. The zero-order valence-electron chi connectivity index (χ0n) is 20.4. The number of carbonyl (C=O) groups excluding carboxylic acids is 1. The second kappa shape index (κ2) is 10.6. The summed E-state index contributed by atoms with van der Waals surface area (Å²) in [4.78, 5) is 12.7. The molecule has 5 rings (SSSR count). The Kier molecular flexibility index (Phi) is 6.89. The van der Waals surface area contributed by atoms with Crippen molar-refractivity contribution in [1.82, 2.24) is 15.1 Å². The van der Waals surface area contributed by atoms with E-state index in [0.717, 1.165) is 39.6 Å². The van der Waals surface area contributed by atoms with Gasteiger partial charge in [-0.2, -0.15) is 5.10 Å². The van der Waals surface area contributed by atoms with Crippen molar-refractivity contribution in [3.05, 3.63) is 90.1 Å². The molecule has 0 saturated carbocycles. The summed E-state index contributed by atoms with van der Waals surface area (Å²) in [6.07, 6.45) is 3.04. The van der Waals surface area contributed by atoms with Crippen molar-refractivity contribution < 1.29 is 19.0 Å². The number of aromatic nitrogens is 2. The van der Waals surface area contributed by atoms with E-state index in [1.54, 1.807) is 0 Å². The van der Waals surface area contributed by atoms with Crippen LogP contribution in [-0.2, 0) is 17.8 Å². The van der Waals surface area contributed by atoms with E-state index in [0.29, 0.717) is 25.1 Å². The lowest BCUT2D eigenvalue weighted by atomic mass is 10.0. The van der Waals surface area contributed by atoms with Crippen LogP contribution in [0.1, 0.15) is 31.4 Å². The molecule has 36 heavy (non-hydrogen) atoms. The Morgan fingerprint density at radius 3 is 2.58 bits per heavy atom. The molecule has 184 valence electrons. The highest BCUT2D eigenvalue weighted by Gasteiger charge is 2.18. The molecule has 0 radical (unpaired) electrons. The van der Waals surface area contributed by atoms with Crippen molar-refractivity contribution in [3.63, 3.8) is 0 Å². The lowest BCUT2D eigenvalue weighted by Gasteiger charge is -2.10. The second-order valence-corrected chi connectivity index (χ2v) is 8.94. The van der Waals surface area contributed by atoms with E-state index in [-0.39, 0.29) is 18.8 Å². The summed E-state index contributed by atoms with van der Waals surface area (Å²) in [5, 5.41) is 7.87. The van der Waals surface area contributed by atoms with Crippen molar-refractivity contribution >= 4 is 5.91 Å². The van der Waals surface area contributed by atoms with Gasteiger partial charge in [0.2, 0.25) is 12.7 Å². The van der Waals surface area contributed by atoms with Crippen molar-refractivity contribution in [1.29, 1.82) is 0 Å². The standard InChI is InChI=1S/C29H29N3O4/c1-20(2)36-25-12-8-21(9-13-25)17-30-28(33)15-11-23-18-32(24-6-4-3-5-7-24)31-29(23)22-10-14-26-27(16-22)35-19-34-26/h3-10,12-14,16,18,20H,11,15,17,19H2,1-2H3,(H,30,33). The molecule has 1 aromatic heterocycles. The Bertz CT molecular complexity index is 1330. The van der Waals surface area contributed by atoms with Crippen molar-refractivity contribution in [3.8, 4) is 34.2 Å². The van der Waals surface area contributed by atoms with Gasteiger partial charge in [0.15, 0.2) is 11.5 Å². The molecule has 0 unspecified atom stereocenters. The van der Waals surface area contributed by atoms with E-state index < -0.39 is 0 Å². The average Bonchev–Trinajstić information content (AvgIpc) is 3.54. The highest BCUT2D eigenvalue weighted by molar-refractivity contribution is 5.77. The molecule has 1 aliphatic rings. The summed E-state index contributed by atoms with van der Waals surface area (Å²) in [6.45, 7) is 4.68. The lowest BCUT2D eigenvalue weighted by molar-refractivity contribution is -0.121. The minimum atomic E-state index is -0.0124. The van der Waals surface area contributed by atoms with Crippen LogP contribution in [0, 0.1) is 0 Å². The first-order valence-corrected chi connectivity index (χ1v) is 12.1. The van der Waals surface area contributed by atoms with Gasteiger partial charge in [0.05, 0.1) is 17.5 Å². The number of nitrogens with zero attached hydrogens (tertiary/aromatic N) is 2. The molecule has 0 spiro atoms. The van der Waals surface area contributed by atoms with Gasteiger partial charge in [-0.25, -0.2) is 4.68 Å². The topological polar surface area (TPSA) is 74.6 Å². The smallest absolute Gasteiger partial charge is 0.231 e. The molecule has 0 fully saturated rings. The van der Waals surface area contributed by atoms with Gasteiger partial charge in [0.1, 0.15) is 5.75 Å². The quantitative estimate of drug-likeness (QED) is 0.350. The number of para-hydroxylation sites is 1. The van der Waals surface area contributed by atoms with E-state index >= 15 is 0 Å². The van der Waals surface area contributed by atoms with Crippen LogP contribution in [0.4, 0.5) is 0 Å². The van der Waals surface area contributed by atoms with E-state index in [2.05, 4.69) is 5.32 Å². The van der Waals surface area contributed by atoms with E-state index in [9.17, 15) is 4.79 Å². The first-order chi connectivity index (χ1) is 17.5. The van der Waals surface area contributed by atoms with Crippen LogP contribution < -0.4 is 19.5 Å². The number of amides is 1. The average molecular weight is 484 g/mol. The molecular weight excluding hydrogens is 454 g/mol. The Hall–Kier alpha value is -4.26. The monoisotopic (exact) mass is 483 g/mol. The van der Waals surface area contributed by atoms with E-state index in [1.807, 2.05) is 97.5 Å². The van der Waals surface area contributed by atoms with Crippen LogP contribution in [0.15, 0.2) is 79.0 Å². The first kappa shape index (κ1) is 23.5. The fraction of sp³-hybridized carbons (Fsp3) is 0.241. The molecule has 1 N–H and O–H groups in total. The Labute approximate surface area is 210 Å². The number of benzene rings is 3. The molecule has 1 amide bonds. The molecule has 7 nitrogen and oxygen atoms in total. The third-order valence-electron chi connectivity index (χ3n) is 5.86. The Balaban J connectivity index is 1.28. The van der Waals surface area contributed by atoms with Gasteiger partial charge in [0, 0.05) is 24.7 Å². The minimum absolute atomic E-state index is 0.0124. The minimum Gasteiger partial charge on any atom is -0.491 e. The van der Waals surface area contributed by atoms with Gasteiger partial charge in [-0.15, -0.1) is 0 Å². The summed E-state index contributed by atoms with van der Waals surface area (Å²) >= 11 is 0. The van der Waals surface area contributed by atoms with Gasteiger partial charge < -0.3 is 19.5 Å². The van der Waals surface area contributed by atoms with E-state index in [1.165, 1.54) is 0 Å². The predicted molar refractivity (Wildman–Crippen MR) is 137 cm³/mol. The van der Waals surface area contributed by atoms with Gasteiger partial charge in [-0.3, -0.25) is 4.79 Å². The van der Waals surface area contributed by atoms with Crippen molar-refractivity contribution in [2.24, 2.45) is 0 Å². The van der Waals surface area contributed by atoms with Crippen LogP contribution >= 0.6 is 0 Å². The van der Waals surface area contributed by atoms with Crippen LogP contribution in [-0.4, -0.2) is 28.6 Å². The Morgan fingerprint density at radius 1 is 1.03 bits per heavy atom. The Morgan fingerprint density at radius 2 is 1.81 bits per heavy atom. The van der Waals surface area contributed by atoms with Crippen LogP contribution in [0.3, 0.4) is 0 Å². The summed E-state index contributed by atoms with van der Waals surface area (Å²) in [5.74, 6) is 2.24. The van der Waals surface area contributed by atoms with Gasteiger partial charge >= 0.3 is 0 Å². The number of hydrogen-bond donors (Lipinski definition) is 1. The number of carbonyl (C=O) groups is 1. The van der Waals surface area contributed by atoms with Crippen molar-refractivity contribution in [2.75, 3.05) is 6.79 Å². The lowest BCUT2D eigenvalue weighted by Crippen LogP contribution is -2.23. The van der Waals surface area contributed by atoms with Crippen LogP contribution in [0.2, 0.25) is 0 Å². The highest BCUT2D eigenvalue weighted by atomic mass is 16.7. The third kappa shape index (κ3) is 5.51. The summed E-state index contributed by atoms with van der Waals surface area (Å²) in [6, 6.07) is 23.5. The number of ether oxygens (including phenoxy) is 3. The van der Waals surface area contributed by atoms with E-state index in [4.69, 9.17) is 19.3 Å². The van der Waals surface area contributed by atoms with Crippen LogP contribution in [0.25, 0.3) is 16.9 Å². The van der Waals surface area contributed by atoms with Crippen LogP contribution in [0.5, 0.6) is 17.2 Å². The number of nitrogens with one attached hydrogen (secondary N) is 1. The van der Waals surface area contributed by atoms with Gasteiger partial charge in [-0.1, -0.05) is 30.3 Å². The SMILES string of the molecule is CC(C)Oc1ccc(CNC(=O)CCc2cn(-c3ccccc3)nc2-c2ccc3c(c2)OCO3)cc1. The molecule has 7 heteroatoms. The zero-order chi connectivity index (χ0) is 24.9. The fourth-order valence-corrected chi connectivity index (χ4v) is 4.09. The number of rotatable bonds is 9. The zero-order valence-corrected chi connectivity index (χ0v) is 20.4. The summed E-state index contributed by atoms with van der Waals surface area (Å²) in [7, 11) is 0. The fourth-order valence-electron chi connectivity index (χ4n) is 4.09. The largest absolute Gasteiger partial charge is 0.491 e. The molecule has 0 bridgehead atoms. The van der Waals surface area contributed by atoms with Gasteiger partial charge in [-0.05, 0) is 73.9 Å². The maximum atomic E-state index is 12.7. The molecular formula is C29H29N3O4. The van der Waals surface area contributed by atoms with Gasteiger partial charge in [0.25, 0.3) is 0 Å². The molecule has 0 atom stereocenters. The first-order valence-electron chi connectivity index (χ1n) is 12.1. The number of hydrogen-bond acceptors (Lipinski definition) is 5. The molecule has 2 heterocycles. The van der Waals surface area contributed by atoms with Crippen molar-refractivity contribution in [2.45, 2.75) is 39.3 Å². The number of fused-ring (bicyclic) bond motifs is 1.